The molecule has 3 N–H and O–H groups in total. The number of nitrogens with two attached hydrogens (primary N) is 1. The molecule has 32 heavy (non-hydrogen) atoms. The van der Waals surface area contributed by atoms with Crippen molar-refractivity contribution in [3.8, 4) is 11.1 Å². The number of carbonyl (C=O) groups excluding carboxylic acids is 2. The monoisotopic (exact) mass is 430 g/mol. The quantitative estimate of drug-likeness (QED) is 0.658. The largest absolute Gasteiger partial charge is 0.384 e. The molecule has 3 aromatic heterocycles. The van der Waals surface area contributed by atoms with Crippen molar-refractivity contribution in [2.24, 2.45) is 0 Å². The zero-order valence-corrected chi connectivity index (χ0v) is 18.2. The van der Waals surface area contributed by atoms with Gasteiger partial charge in [-0.1, -0.05) is 6.07 Å². The number of aromatic nitrogens is 3. The fourth-order valence-corrected chi connectivity index (χ4v) is 4.01. The van der Waals surface area contributed by atoms with Gasteiger partial charge in [0, 0.05) is 55.4 Å². The molecule has 164 valence electrons. The van der Waals surface area contributed by atoms with Crippen LogP contribution in [0.15, 0.2) is 48.8 Å². The lowest BCUT2D eigenvalue weighted by Crippen LogP contribution is -2.39. The molecule has 8 heteroatoms. The summed E-state index contributed by atoms with van der Waals surface area (Å²) in [6, 6.07) is 11.0. The highest BCUT2D eigenvalue weighted by atomic mass is 16.2. The SMILES string of the molecule is CNC(=O)c1ccc(-c2cc(C)nc(C3CCCN(C(=O)c4ccc(N)nc4)C3)c2)cn1. The normalized spacial score (nSPS) is 15.9. The number of likely N-dealkylation sites (tertiary alicyclic amines) is 1. The summed E-state index contributed by atoms with van der Waals surface area (Å²) < 4.78 is 0. The van der Waals surface area contributed by atoms with Crippen LogP contribution in [0.3, 0.4) is 0 Å². The van der Waals surface area contributed by atoms with E-state index < -0.39 is 0 Å². The van der Waals surface area contributed by atoms with Crippen molar-refractivity contribution in [2.45, 2.75) is 25.7 Å². The summed E-state index contributed by atoms with van der Waals surface area (Å²) in [5.41, 5.74) is 10.3. The van der Waals surface area contributed by atoms with Crippen LogP contribution in [-0.4, -0.2) is 51.8 Å². The second-order valence-electron chi connectivity index (χ2n) is 8.00. The molecule has 1 aliphatic heterocycles. The molecule has 8 nitrogen and oxygen atoms in total. The van der Waals surface area contributed by atoms with Gasteiger partial charge in [-0.2, -0.15) is 0 Å². The summed E-state index contributed by atoms with van der Waals surface area (Å²) in [5, 5.41) is 2.58. The van der Waals surface area contributed by atoms with E-state index in [1.165, 1.54) is 6.20 Å². The summed E-state index contributed by atoms with van der Waals surface area (Å²) in [6.07, 6.45) is 5.10. The van der Waals surface area contributed by atoms with Crippen molar-refractivity contribution >= 4 is 17.6 Å². The van der Waals surface area contributed by atoms with Gasteiger partial charge in [0.25, 0.3) is 11.8 Å². The molecular weight excluding hydrogens is 404 g/mol. The molecule has 0 aromatic carbocycles. The predicted octanol–water partition coefficient (Wildman–Crippen LogP) is 2.81. The number of hydrogen-bond acceptors (Lipinski definition) is 6. The molecule has 1 atom stereocenters. The van der Waals surface area contributed by atoms with Crippen LogP contribution in [0.25, 0.3) is 11.1 Å². The van der Waals surface area contributed by atoms with Crippen LogP contribution in [-0.2, 0) is 0 Å². The second-order valence-corrected chi connectivity index (χ2v) is 8.00. The van der Waals surface area contributed by atoms with E-state index in [9.17, 15) is 9.59 Å². The summed E-state index contributed by atoms with van der Waals surface area (Å²) in [7, 11) is 1.58. The Labute approximate surface area is 186 Å². The molecule has 0 saturated carbocycles. The van der Waals surface area contributed by atoms with Crippen molar-refractivity contribution in [3.05, 3.63) is 71.4 Å². The number of carbonyl (C=O) groups is 2. The maximum Gasteiger partial charge on any atom is 0.269 e. The first-order valence-electron chi connectivity index (χ1n) is 10.6. The molecular formula is C24H26N6O2. The molecule has 1 fully saturated rings. The average Bonchev–Trinajstić information content (AvgIpc) is 2.83. The predicted molar refractivity (Wildman–Crippen MR) is 122 cm³/mol. The first-order valence-corrected chi connectivity index (χ1v) is 10.6. The van der Waals surface area contributed by atoms with Gasteiger partial charge in [0.15, 0.2) is 0 Å². The van der Waals surface area contributed by atoms with E-state index in [4.69, 9.17) is 10.7 Å². The summed E-state index contributed by atoms with van der Waals surface area (Å²) >= 11 is 0. The third-order valence-electron chi connectivity index (χ3n) is 5.69. The maximum absolute atomic E-state index is 12.9. The van der Waals surface area contributed by atoms with Crippen LogP contribution in [0.4, 0.5) is 5.82 Å². The first-order chi connectivity index (χ1) is 15.4. The number of aryl methyl sites for hydroxylation is 1. The highest BCUT2D eigenvalue weighted by Gasteiger charge is 2.27. The van der Waals surface area contributed by atoms with Crippen LogP contribution in [0.2, 0.25) is 0 Å². The maximum atomic E-state index is 12.9. The van der Waals surface area contributed by atoms with Crippen molar-refractivity contribution in [2.75, 3.05) is 25.9 Å². The van der Waals surface area contributed by atoms with Gasteiger partial charge in [-0.25, -0.2) is 4.98 Å². The van der Waals surface area contributed by atoms with Crippen molar-refractivity contribution < 1.29 is 9.59 Å². The van der Waals surface area contributed by atoms with Crippen molar-refractivity contribution in [1.82, 2.24) is 25.2 Å². The minimum Gasteiger partial charge on any atom is -0.384 e. The minimum absolute atomic E-state index is 0.0379. The highest BCUT2D eigenvalue weighted by Crippen LogP contribution is 2.30. The number of amides is 2. The topological polar surface area (TPSA) is 114 Å². The molecule has 0 aliphatic carbocycles. The van der Waals surface area contributed by atoms with E-state index >= 15 is 0 Å². The van der Waals surface area contributed by atoms with Crippen molar-refractivity contribution in [3.63, 3.8) is 0 Å². The molecule has 4 heterocycles. The van der Waals surface area contributed by atoms with Crippen LogP contribution in [0, 0.1) is 6.92 Å². The molecule has 1 unspecified atom stereocenters. The van der Waals surface area contributed by atoms with E-state index in [1.54, 1.807) is 31.4 Å². The molecule has 0 radical (unpaired) electrons. The number of anilines is 1. The van der Waals surface area contributed by atoms with Crippen LogP contribution < -0.4 is 11.1 Å². The Kier molecular flexibility index (Phi) is 6.11. The summed E-state index contributed by atoms with van der Waals surface area (Å²) in [6.45, 7) is 3.28. The number of piperidine rings is 1. The molecule has 4 rings (SSSR count). The van der Waals surface area contributed by atoms with E-state index in [0.29, 0.717) is 30.2 Å². The molecule has 2 amide bonds. The summed E-state index contributed by atoms with van der Waals surface area (Å²) in [4.78, 5) is 39.6. The van der Waals surface area contributed by atoms with Gasteiger partial charge in [-0.3, -0.25) is 19.6 Å². The molecule has 1 saturated heterocycles. The third kappa shape index (κ3) is 4.59. The van der Waals surface area contributed by atoms with Gasteiger partial charge >= 0.3 is 0 Å². The number of nitrogens with one attached hydrogen (secondary N) is 1. The van der Waals surface area contributed by atoms with Gasteiger partial charge in [0.05, 0.1) is 5.56 Å². The number of pyridine rings is 3. The Balaban J connectivity index is 1.55. The fraction of sp³-hybridized carbons (Fsp3) is 0.292. The van der Waals surface area contributed by atoms with Gasteiger partial charge in [-0.05, 0) is 55.7 Å². The van der Waals surface area contributed by atoms with Crippen LogP contribution in [0.1, 0.15) is 51.0 Å². The number of hydrogen-bond donors (Lipinski definition) is 2. The van der Waals surface area contributed by atoms with E-state index in [1.807, 2.05) is 24.0 Å². The average molecular weight is 431 g/mol. The van der Waals surface area contributed by atoms with Crippen LogP contribution >= 0.6 is 0 Å². The number of nitrogen functional groups attached to an aromatic ring is 1. The van der Waals surface area contributed by atoms with Gasteiger partial charge in [0.1, 0.15) is 11.5 Å². The molecule has 3 aromatic rings. The lowest BCUT2D eigenvalue weighted by molar-refractivity contribution is 0.0705. The third-order valence-corrected chi connectivity index (χ3v) is 5.69. The standard InChI is InChI=1S/C24H26N6O2/c1-15-10-19(16-5-7-20(27-12-16)23(31)26-2)11-21(29-15)18-4-3-9-30(14-18)24(32)17-6-8-22(25)28-13-17/h5-8,10-13,18H,3-4,9,14H2,1-2H3,(H2,25,28)(H,26,31). The smallest absolute Gasteiger partial charge is 0.269 e. The highest BCUT2D eigenvalue weighted by molar-refractivity contribution is 5.94. The first kappa shape index (κ1) is 21.4. The zero-order valence-electron chi connectivity index (χ0n) is 18.2. The molecule has 0 bridgehead atoms. The Morgan fingerprint density at radius 2 is 1.94 bits per heavy atom. The Hall–Kier alpha value is -3.81. The zero-order chi connectivity index (χ0) is 22.7. The van der Waals surface area contributed by atoms with Gasteiger partial charge < -0.3 is 16.0 Å². The van der Waals surface area contributed by atoms with Crippen LogP contribution in [0.5, 0.6) is 0 Å². The lowest BCUT2D eigenvalue weighted by atomic mass is 9.92. The Bertz CT molecular complexity index is 1130. The minimum atomic E-state index is -0.216. The lowest BCUT2D eigenvalue weighted by Gasteiger charge is -2.32. The van der Waals surface area contributed by atoms with E-state index in [2.05, 4.69) is 21.4 Å². The Morgan fingerprint density at radius 1 is 1.09 bits per heavy atom. The van der Waals surface area contributed by atoms with E-state index in [0.717, 1.165) is 35.4 Å². The van der Waals surface area contributed by atoms with E-state index in [-0.39, 0.29) is 17.7 Å². The fourth-order valence-electron chi connectivity index (χ4n) is 4.01. The van der Waals surface area contributed by atoms with Gasteiger partial charge in [0.2, 0.25) is 0 Å². The van der Waals surface area contributed by atoms with Crippen molar-refractivity contribution in [1.29, 1.82) is 0 Å². The number of nitrogens with zero attached hydrogens (tertiary/aromatic N) is 4. The second kappa shape index (κ2) is 9.13. The summed E-state index contributed by atoms with van der Waals surface area (Å²) in [5.74, 6) is 0.286. The number of rotatable bonds is 4. The molecule has 1 aliphatic rings. The Morgan fingerprint density at radius 3 is 2.62 bits per heavy atom. The molecule has 0 spiro atoms. The van der Waals surface area contributed by atoms with Gasteiger partial charge in [-0.15, -0.1) is 0 Å².